The van der Waals surface area contributed by atoms with Crippen LogP contribution >= 0.6 is 11.6 Å². The summed E-state index contributed by atoms with van der Waals surface area (Å²) >= 11 is 5.61. The maximum absolute atomic E-state index is 13.6. The normalized spacial score (nSPS) is 22.8. The molecule has 3 saturated carbocycles. The molecule has 0 heterocycles. The second-order valence-corrected chi connectivity index (χ2v) is 8.74. The van der Waals surface area contributed by atoms with Crippen molar-refractivity contribution in [1.29, 1.82) is 0 Å². The molecule has 168 valence electrons. The predicted octanol–water partition coefficient (Wildman–Crippen LogP) is 3.18. The first-order chi connectivity index (χ1) is 15.1. The van der Waals surface area contributed by atoms with Crippen LogP contribution in [0.1, 0.15) is 36.5 Å². The molecule has 0 aromatic heterocycles. The van der Waals surface area contributed by atoms with Gasteiger partial charge in [-0.05, 0) is 49.6 Å². The number of hydrogen-bond acceptors (Lipinski definition) is 4. The van der Waals surface area contributed by atoms with Gasteiger partial charge < -0.3 is 20.7 Å². The summed E-state index contributed by atoms with van der Waals surface area (Å²) in [6.45, 7) is 1.01. The van der Waals surface area contributed by atoms with Gasteiger partial charge in [0, 0.05) is 24.1 Å². The molecule has 7 nitrogen and oxygen atoms in total. The van der Waals surface area contributed by atoms with Crippen LogP contribution in [0.3, 0.4) is 0 Å². The molecule has 32 heavy (non-hydrogen) atoms. The van der Waals surface area contributed by atoms with E-state index < -0.39 is 28.6 Å². The number of ether oxygens (including phenoxy) is 1. The van der Waals surface area contributed by atoms with Crippen molar-refractivity contribution in [2.75, 3.05) is 11.9 Å². The molecule has 3 amide bonds. The summed E-state index contributed by atoms with van der Waals surface area (Å²) < 4.78 is 32.4. The third-order valence-corrected chi connectivity index (χ3v) is 5.92. The van der Waals surface area contributed by atoms with Crippen molar-refractivity contribution >= 4 is 35.0 Å². The smallest absolute Gasteiger partial charge is 0.258 e. The molecule has 0 atom stereocenters. The number of nitrogens with one attached hydrogen (secondary N) is 3. The predicted molar refractivity (Wildman–Crippen MR) is 113 cm³/mol. The molecule has 2 aromatic rings. The van der Waals surface area contributed by atoms with Gasteiger partial charge in [-0.15, -0.1) is 0 Å². The molecule has 0 spiro atoms. The van der Waals surface area contributed by atoms with Gasteiger partial charge in [-0.3, -0.25) is 14.4 Å². The van der Waals surface area contributed by atoms with Gasteiger partial charge in [0.15, 0.2) is 6.61 Å². The standard InChI is InChI=1S/C22H20ClF2N3O4/c1-12(29)26-18-5-2-13(24)6-15(18)20(31)28-22-9-21(10-22,11-22)27-19(30)8-32-14-3-4-16(23)17(25)7-14/h2-7H,8-11H2,1H3,(H,26,29)(H,27,30)(H,28,31). The van der Waals surface area contributed by atoms with Gasteiger partial charge >= 0.3 is 0 Å². The highest BCUT2D eigenvalue weighted by Crippen LogP contribution is 2.60. The van der Waals surface area contributed by atoms with Gasteiger partial charge in [0.1, 0.15) is 17.4 Å². The highest BCUT2D eigenvalue weighted by molar-refractivity contribution is 6.30. The summed E-state index contributed by atoms with van der Waals surface area (Å²) in [4.78, 5) is 36.2. The minimum absolute atomic E-state index is 0.0339. The summed E-state index contributed by atoms with van der Waals surface area (Å²) in [5, 5.41) is 8.26. The van der Waals surface area contributed by atoms with E-state index in [9.17, 15) is 23.2 Å². The van der Waals surface area contributed by atoms with Gasteiger partial charge in [0.2, 0.25) is 5.91 Å². The highest BCUT2D eigenvalue weighted by atomic mass is 35.5. The third kappa shape index (κ3) is 4.38. The van der Waals surface area contributed by atoms with E-state index in [1.807, 2.05) is 0 Å². The van der Waals surface area contributed by atoms with Crippen LogP contribution in [0.4, 0.5) is 14.5 Å². The zero-order valence-corrected chi connectivity index (χ0v) is 17.8. The molecule has 10 heteroatoms. The molecular weight excluding hydrogens is 444 g/mol. The molecular formula is C22H20ClF2N3O4. The molecule has 0 saturated heterocycles. The lowest BCUT2D eigenvalue weighted by Crippen LogP contribution is -2.84. The number of amides is 3. The monoisotopic (exact) mass is 463 g/mol. The summed E-state index contributed by atoms with van der Waals surface area (Å²) in [6, 6.07) is 7.47. The van der Waals surface area contributed by atoms with Gasteiger partial charge in [-0.1, -0.05) is 11.6 Å². The molecule has 3 aliphatic carbocycles. The lowest BCUT2D eigenvalue weighted by atomic mass is 9.44. The van der Waals surface area contributed by atoms with Gasteiger partial charge in [0.05, 0.1) is 16.3 Å². The fourth-order valence-electron chi connectivity index (χ4n) is 4.41. The molecule has 3 fully saturated rings. The molecule has 3 N–H and O–H groups in total. The zero-order chi connectivity index (χ0) is 23.1. The van der Waals surface area contributed by atoms with E-state index in [2.05, 4.69) is 16.0 Å². The summed E-state index contributed by atoms with van der Waals surface area (Å²) in [7, 11) is 0. The summed E-state index contributed by atoms with van der Waals surface area (Å²) in [5.74, 6) is -2.28. The fourth-order valence-corrected chi connectivity index (χ4v) is 4.53. The number of rotatable bonds is 7. The van der Waals surface area contributed by atoms with Crippen LogP contribution < -0.4 is 20.7 Å². The lowest BCUT2D eigenvalue weighted by molar-refractivity contribution is -0.141. The highest BCUT2D eigenvalue weighted by Gasteiger charge is 2.69. The first-order valence-electron chi connectivity index (χ1n) is 9.87. The van der Waals surface area contributed by atoms with E-state index in [-0.39, 0.29) is 40.4 Å². The van der Waals surface area contributed by atoms with E-state index in [0.29, 0.717) is 19.3 Å². The number of hydrogen-bond donors (Lipinski definition) is 3. The number of halogens is 3. The first-order valence-corrected chi connectivity index (χ1v) is 10.3. The van der Waals surface area contributed by atoms with Crippen molar-refractivity contribution in [3.8, 4) is 5.75 Å². The van der Waals surface area contributed by atoms with Gasteiger partial charge in [0.25, 0.3) is 11.8 Å². The number of anilines is 1. The maximum atomic E-state index is 13.6. The molecule has 2 bridgehead atoms. The second-order valence-electron chi connectivity index (χ2n) is 8.33. The number of carbonyl (C=O) groups excluding carboxylic acids is 3. The van der Waals surface area contributed by atoms with Crippen LogP contribution in [0.15, 0.2) is 36.4 Å². The van der Waals surface area contributed by atoms with Gasteiger partial charge in [-0.2, -0.15) is 0 Å². The van der Waals surface area contributed by atoms with E-state index in [0.717, 1.165) is 18.2 Å². The Bertz CT molecular complexity index is 1100. The van der Waals surface area contributed by atoms with Crippen molar-refractivity contribution in [2.45, 2.75) is 37.3 Å². The topological polar surface area (TPSA) is 96.5 Å². The molecule has 5 rings (SSSR count). The van der Waals surface area contributed by atoms with Crippen molar-refractivity contribution < 1.29 is 27.9 Å². The molecule has 3 aliphatic rings. The summed E-state index contributed by atoms with van der Waals surface area (Å²) in [6.07, 6.45) is 1.58. The van der Waals surface area contributed by atoms with E-state index in [1.165, 1.54) is 25.1 Å². The fraction of sp³-hybridized carbons (Fsp3) is 0.318. The van der Waals surface area contributed by atoms with Crippen molar-refractivity contribution in [2.24, 2.45) is 0 Å². The number of benzene rings is 2. The second kappa shape index (κ2) is 8.05. The average molecular weight is 464 g/mol. The first kappa shape index (κ1) is 22.0. The van der Waals surface area contributed by atoms with Crippen LogP contribution in [-0.2, 0) is 9.59 Å². The van der Waals surface area contributed by atoms with Crippen molar-refractivity contribution in [3.05, 3.63) is 58.6 Å². The quantitative estimate of drug-likeness (QED) is 0.587. The van der Waals surface area contributed by atoms with E-state index in [1.54, 1.807) is 0 Å². The Labute approximate surface area is 187 Å². The van der Waals surface area contributed by atoms with Crippen LogP contribution in [-0.4, -0.2) is 35.4 Å². The Morgan fingerprint density at radius 2 is 1.72 bits per heavy atom. The van der Waals surface area contributed by atoms with Crippen LogP contribution in [0, 0.1) is 11.6 Å². The lowest BCUT2D eigenvalue weighted by Gasteiger charge is -2.70. The molecule has 0 aliphatic heterocycles. The molecule has 0 unspecified atom stereocenters. The summed E-state index contributed by atoms with van der Waals surface area (Å²) in [5.41, 5.74) is -0.653. The van der Waals surface area contributed by atoms with Crippen LogP contribution in [0.5, 0.6) is 5.75 Å². The van der Waals surface area contributed by atoms with E-state index in [4.69, 9.17) is 16.3 Å². The average Bonchev–Trinajstić information content (AvgIpc) is 2.67. The Hall–Kier alpha value is -3.20. The van der Waals surface area contributed by atoms with Crippen molar-refractivity contribution in [3.63, 3.8) is 0 Å². The van der Waals surface area contributed by atoms with Crippen molar-refractivity contribution in [1.82, 2.24) is 10.6 Å². The Balaban J connectivity index is 1.29. The van der Waals surface area contributed by atoms with Crippen LogP contribution in [0.25, 0.3) is 0 Å². The Kier molecular flexibility index (Phi) is 5.54. The minimum Gasteiger partial charge on any atom is -0.484 e. The minimum atomic E-state index is -0.637. The maximum Gasteiger partial charge on any atom is 0.258 e. The third-order valence-electron chi connectivity index (χ3n) is 5.61. The Morgan fingerprint density at radius 3 is 2.38 bits per heavy atom. The largest absolute Gasteiger partial charge is 0.484 e. The number of carbonyl (C=O) groups is 3. The molecule has 2 aromatic carbocycles. The SMILES string of the molecule is CC(=O)Nc1ccc(F)cc1C(=O)NC12CC(NC(=O)COc3ccc(Cl)c(F)c3)(C1)C2. The van der Waals surface area contributed by atoms with E-state index >= 15 is 0 Å². The molecule has 0 radical (unpaired) electrons. The Morgan fingerprint density at radius 1 is 1.03 bits per heavy atom. The van der Waals surface area contributed by atoms with Crippen LogP contribution in [0.2, 0.25) is 5.02 Å². The zero-order valence-electron chi connectivity index (χ0n) is 17.1. The van der Waals surface area contributed by atoms with Gasteiger partial charge in [-0.25, -0.2) is 8.78 Å².